The van der Waals surface area contributed by atoms with Crippen LogP contribution in [0.5, 0.6) is 0 Å². The van der Waals surface area contributed by atoms with Crippen molar-refractivity contribution in [2.45, 2.75) is 19.8 Å². The van der Waals surface area contributed by atoms with E-state index in [2.05, 4.69) is 17.2 Å². The molecule has 0 radical (unpaired) electrons. The highest BCUT2D eigenvalue weighted by molar-refractivity contribution is 7.09. The fourth-order valence-electron chi connectivity index (χ4n) is 2.02. The molecule has 0 spiro atoms. The molecular weight excluding hydrogens is 278 g/mol. The summed E-state index contributed by atoms with van der Waals surface area (Å²) in [5, 5.41) is 13.8. The van der Waals surface area contributed by atoms with Crippen molar-refractivity contribution in [3.8, 4) is 0 Å². The number of hydrogen-bond acceptors (Lipinski definition) is 4. The third-order valence-corrected chi connectivity index (χ3v) is 4.43. The summed E-state index contributed by atoms with van der Waals surface area (Å²) in [6, 6.07) is -0.0842. The van der Waals surface area contributed by atoms with E-state index < -0.39 is 5.97 Å². The molecule has 1 heterocycles. The van der Waals surface area contributed by atoms with Crippen LogP contribution in [0.1, 0.15) is 28.8 Å². The normalized spacial score (nSPS) is 20.5. The SMILES string of the molecule is CC1CC1CN(C)C(=O)NCCc1nc(C(=O)O)cs1. The fraction of sp³-hybridized carbons (Fsp3) is 0.615. The van der Waals surface area contributed by atoms with Crippen LogP contribution in [0.15, 0.2) is 5.38 Å². The quantitative estimate of drug-likeness (QED) is 0.837. The minimum absolute atomic E-state index is 0.0659. The topological polar surface area (TPSA) is 82.5 Å². The highest BCUT2D eigenvalue weighted by atomic mass is 32.1. The lowest BCUT2D eigenvalue weighted by molar-refractivity contribution is 0.0691. The molecule has 20 heavy (non-hydrogen) atoms. The maximum Gasteiger partial charge on any atom is 0.355 e. The molecule has 2 N–H and O–H groups in total. The molecule has 1 aliphatic rings. The second kappa shape index (κ2) is 6.21. The smallest absolute Gasteiger partial charge is 0.355 e. The zero-order valence-electron chi connectivity index (χ0n) is 11.6. The van der Waals surface area contributed by atoms with Crippen molar-refractivity contribution in [1.82, 2.24) is 15.2 Å². The Hall–Kier alpha value is -1.63. The summed E-state index contributed by atoms with van der Waals surface area (Å²) in [5.41, 5.74) is 0.0659. The summed E-state index contributed by atoms with van der Waals surface area (Å²) in [6.07, 6.45) is 1.76. The van der Waals surface area contributed by atoms with Crippen LogP contribution in [0.25, 0.3) is 0 Å². The first-order chi connectivity index (χ1) is 9.47. The van der Waals surface area contributed by atoms with Crippen LogP contribution < -0.4 is 5.32 Å². The number of hydrogen-bond donors (Lipinski definition) is 2. The molecule has 110 valence electrons. The minimum atomic E-state index is -1.02. The first kappa shape index (κ1) is 14.8. The predicted octanol–water partition coefficient (Wildman–Crippen LogP) is 1.68. The molecule has 1 aliphatic carbocycles. The number of aromatic nitrogens is 1. The van der Waals surface area contributed by atoms with Gasteiger partial charge in [0.2, 0.25) is 0 Å². The van der Waals surface area contributed by atoms with E-state index in [9.17, 15) is 9.59 Å². The molecular formula is C13H19N3O3S. The Morgan fingerprint density at radius 1 is 1.60 bits per heavy atom. The Balaban J connectivity index is 1.69. The summed E-state index contributed by atoms with van der Waals surface area (Å²) in [6.45, 7) is 3.46. The fourth-order valence-corrected chi connectivity index (χ4v) is 2.80. The van der Waals surface area contributed by atoms with E-state index in [0.717, 1.165) is 17.5 Å². The van der Waals surface area contributed by atoms with Gasteiger partial charge in [-0.1, -0.05) is 6.92 Å². The van der Waals surface area contributed by atoms with Crippen LogP contribution in [0, 0.1) is 11.8 Å². The average molecular weight is 297 g/mol. The Morgan fingerprint density at radius 2 is 2.30 bits per heavy atom. The highest BCUT2D eigenvalue weighted by Crippen LogP contribution is 2.37. The summed E-state index contributed by atoms with van der Waals surface area (Å²) < 4.78 is 0. The van der Waals surface area contributed by atoms with E-state index >= 15 is 0 Å². The molecule has 1 aromatic rings. The van der Waals surface area contributed by atoms with Crippen molar-refractivity contribution in [3.63, 3.8) is 0 Å². The van der Waals surface area contributed by atoms with Crippen molar-refractivity contribution < 1.29 is 14.7 Å². The summed E-state index contributed by atoms with van der Waals surface area (Å²) in [5.74, 6) is 0.354. The van der Waals surface area contributed by atoms with Crippen molar-refractivity contribution in [3.05, 3.63) is 16.1 Å². The summed E-state index contributed by atoms with van der Waals surface area (Å²) in [7, 11) is 1.80. The molecule has 6 nitrogen and oxygen atoms in total. The zero-order chi connectivity index (χ0) is 14.7. The van der Waals surface area contributed by atoms with Crippen molar-refractivity contribution in [2.24, 2.45) is 11.8 Å². The molecule has 0 aromatic carbocycles. The van der Waals surface area contributed by atoms with Crippen molar-refractivity contribution in [1.29, 1.82) is 0 Å². The van der Waals surface area contributed by atoms with E-state index in [0.29, 0.717) is 18.9 Å². The van der Waals surface area contributed by atoms with Gasteiger partial charge in [-0.05, 0) is 18.3 Å². The Kier molecular flexibility index (Phi) is 4.59. The largest absolute Gasteiger partial charge is 0.476 e. The molecule has 7 heteroatoms. The van der Waals surface area contributed by atoms with E-state index in [4.69, 9.17) is 5.11 Å². The molecule has 2 atom stereocenters. The number of carboxylic acids is 1. The van der Waals surface area contributed by atoms with Crippen LogP contribution in [0.3, 0.4) is 0 Å². The summed E-state index contributed by atoms with van der Waals surface area (Å²) >= 11 is 1.30. The van der Waals surface area contributed by atoms with E-state index in [1.807, 2.05) is 0 Å². The van der Waals surface area contributed by atoms with Gasteiger partial charge in [-0.3, -0.25) is 0 Å². The van der Waals surface area contributed by atoms with E-state index in [1.165, 1.54) is 23.1 Å². The lowest BCUT2D eigenvalue weighted by Gasteiger charge is -2.17. The number of aromatic carboxylic acids is 1. The van der Waals surface area contributed by atoms with Gasteiger partial charge >= 0.3 is 12.0 Å². The number of amides is 2. The predicted molar refractivity (Wildman–Crippen MR) is 76.1 cm³/mol. The third kappa shape index (κ3) is 3.93. The first-order valence-electron chi connectivity index (χ1n) is 6.64. The Labute approximate surface area is 121 Å². The van der Waals surface area contributed by atoms with Gasteiger partial charge in [0.1, 0.15) is 0 Å². The second-order valence-corrected chi connectivity index (χ2v) is 6.21. The molecule has 1 aromatic heterocycles. The Morgan fingerprint density at radius 3 is 2.85 bits per heavy atom. The standard InChI is InChI=1S/C13H19N3O3S/c1-8-5-9(8)6-16(2)13(19)14-4-3-11-15-10(7-20-11)12(17)18/h7-9H,3-6H2,1-2H3,(H,14,19)(H,17,18). The van der Waals surface area contributed by atoms with Crippen LogP contribution in [-0.2, 0) is 6.42 Å². The van der Waals surface area contributed by atoms with Crippen LogP contribution >= 0.6 is 11.3 Å². The number of carbonyl (C=O) groups is 2. The van der Waals surface area contributed by atoms with Gasteiger partial charge in [-0.25, -0.2) is 14.6 Å². The molecule has 2 unspecified atom stereocenters. The zero-order valence-corrected chi connectivity index (χ0v) is 12.4. The molecule has 0 aliphatic heterocycles. The van der Waals surface area contributed by atoms with Crippen molar-refractivity contribution >= 4 is 23.3 Å². The van der Waals surface area contributed by atoms with Gasteiger partial charge in [0, 0.05) is 31.9 Å². The maximum absolute atomic E-state index is 11.8. The third-order valence-electron chi connectivity index (χ3n) is 3.52. The number of nitrogens with one attached hydrogen (secondary N) is 1. The van der Waals surface area contributed by atoms with Gasteiger partial charge in [-0.2, -0.15) is 0 Å². The molecule has 1 saturated carbocycles. The number of urea groups is 1. The van der Waals surface area contributed by atoms with Crippen LogP contribution in [0.4, 0.5) is 4.79 Å². The Bertz CT molecular complexity index is 503. The number of carbonyl (C=O) groups excluding carboxylic acids is 1. The molecule has 2 rings (SSSR count). The number of thiazole rings is 1. The second-order valence-electron chi connectivity index (χ2n) is 5.27. The maximum atomic E-state index is 11.8. The van der Waals surface area contributed by atoms with Crippen LogP contribution in [-0.4, -0.2) is 47.1 Å². The van der Waals surface area contributed by atoms with Crippen molar-refractivity contribution in [2.75, 3.05) is 20.1 Å². The number of carboxylic acid groups (broad SMARTS) is 1. The van der Waals surface area contributed by atoms with Gasteiger partial charge in [-0.15, -0.1) is 11.3 Å². The molecule has 0 bridgehead atoms. The van der Waals surface area contributed by atoms with Gasteiger partial charge in [0.25, 0.3) is 0 Å². The van der Waals surface area contributed by atoms with E-state index in [1.54, 1.807) is 11.9 Å². The van der Waals surface area contributed by atoms with Crippen LogP contribution in [0.2, 0.25) is 0 Å². The average Bonchev–Trinajstić information content (AvgIpc) is 2.91. The lowest BCUT2D eigenvalue weighted by Crippen LogP contribution is -2.39. The molecule has 1 fully saturated rings. The summed E-state index contributed by atoms with van der Waals surface area (Å²) in [4.78, 5) is 28.2. The minimum Gasteiger partial charge on any atom is -0.476 e. The van der Waals surface area contributed by atoms with E-state index in [-0.39, 0.29) is 11.7 Å². The van der Waals surface area contributed by atoms with Gasteiger partial charge in [0.05, 0.1) is 5.01 Å². The molecule has 2 amide bonds. The monoisotopic (exact) mass is 297 g/mol. The highest BCUT2D eigenvalue weighted by Gasteiger charge is 2.34. The van der Waals surface area contributed by atoms with Gasteiger partial charge in [0.15, 0.2) is 5.69 Å². The van der Waals surface area contributed by atoms with Gasteiger partial charge < -0.3 is 15.3 Å². The molecule has 0 saturated heterocycles. The number of nitrogens with zero attached hydrogens (tertiary/aromatic N) is 2. The number of rotatable bonds is 6. The lowest BCUT2D eigenvalue weighted by atomic mass is 10.3. The first-order valence-corrected chi connectivity index (χ1v) is 7.52.